The molecule has 0 saturated carbocycles. The van der Waals surface area contributed by atoms with Gasteiger partial charge in [0.2, 0.25) is 0 Å². The summed E-state index contributed by atoms with van der Waals surface area (Å²) in [5.74, 6) is 0. The summed E-state index contributed by atoms with van der Waals surface area (Å²) in [5.41, 5.74) is 3.26. The highest BCUT2D eigenvalue weighted by Crippen LogP contribution is 2.33. The van der Waals surface area contributed by atoms with Gasteiger partial charge >= 0.3 is 0 Å². The highest BCUT2D eigenvalue weighted by molar-refractivity contribution is 7.18. The standard InChI is InChI=1S/C23H21ClN4OS/c24-16-5-3-4-15(10-16)12-26-17-7-8-19-20(11-17)30-22-21(19)23(29)28(14-27-22)13-18-6-1-2-9-25-18/h1-6,9-10,14,17,26H,7-8,11-13H2. The minimum Gasteiger partial charge on any atom is -0.310 e. The van der Waals surface area contributed by atoms with Gasteiger partial charge in [0, 0.05) is 28.7 Å². The molecule has 3 heterocycles. The van der Waals surface area contributed by atoms with E-state index in [2.05, 4.69) is 21.4 Å². The Hall–Kier alpha value is -2.54. The van der Waals surface area contributed by atoms with Gasteiger partial charge in [-0.2, -0.15) is 0 Å². The number of halogens is 1. The van der Waals surface area contributed by atoms with Crippen molar-refractivity contribution < 1.29 is 0 Å². The Labute approximate surface area is 183 Å². The largest absolute Gasteiger partial charge is 0.310 e. The lowest BCUT2D eigenvalue weighted by atomic mass is 9.93. The number of aromatic nitrogens is 3. The first kappa shape index (κ1) is 19.4. The Balaban J connectivity index is 1.36. The molecular formula is C23H21ClN4OS. The van der Waals surface area contributed by atoms with E-state index in [-0.39, 0.29) is 5.56 Å². The van der Waals surface area contributed by atoms with E-state index in [9.17, 15) is 4.79 Å². The van der Waals surface area contributed by atoms with Gasteiger partial charge in [-0.3, -0.25) is 14.3 Å². The zero-order chi connectivity index (χ0) is 20.5. The molecule has 0 fully saturated rings. The van der Waals surface area contributed by atoms with E-state index in [0.29, 0.717) is 12.6 Å². The van der Waals surface area contributed by atoms with Crippen molar-refractivity contribution in [1.29, 1.82) is 0 Å². The number of hydrogen-bond donors (Lipinski definition) is 1. The van der Waals surface area contributed by atoms with Crippen LogP contribution in [0.3, 0.4) is 0 Å². The van der Waals surface area contributed by atoms with Gasteiger partial charge in [-0.15, -0.1) is 11.3 Å². The molecule has 3 aromatic heterocycles. The summed E-state index contributed by atoms with van der Waals surface area (Å²) >= 11 is 7.74. The van der Waals surface area contributed by atoms with E-state index in [4.69, 9.17) is 11.6 Å². The molecule has 1 N–H and O–H groups in total. The van der Waals surface area contributed by atoms with Gasteiger partial charge in [0.1, 0.15) is 4.83 Å². The second kappa shape index (κ2) is 8.30. The van der Waals surface area contributed by atoms with Crippen LogP contribution in [-0.2, 0) is 25.9 Å². The van der Waals surface area contributed by atoms with E-state index < -0.39 is 0 Å². The quantitative estimate of drug-likeness (QED) is 0.509. The molecule has 1 atom stereocenters. The first-order chi connectivity index (χ1) is 14.7. The highest BCUT2D eigenvalue weighted by Gasteiger charge is 2.25. The van der Waals surface area contributed by atoms with Gasteiger partial charge in [-0.05, 0) is 54.7 Å². The molecule has 1 unspecified atom stereocenters. The van der Waals surface area contributed by atoms with Crippen molar-refractivity contribution in [3.8, 4) is 0 Å². The molecule has 0 aliphatic heterocycles. The summed E-state index contributed by atoms with van der Waals surface area (Å²) in [6.07, 6.45) is 6.23. The van der Waals surface area contributed by atoms with Crippen LogP contribution in [0.5, 0.6) is 0 Å². The van der Waals surface area contributed by atoms with Crippen LogP contribution in [0.2, 0.25) is 5.02 Å². The maximum Gasteiger partial charge on any atom is 0.262 e. The second-order valence-electron chi connectivity index (χ2n) is 7.63. The predicted molar refractivity (Wildman–Crippen MR) is 121 cm³/mol. The summed E-state index contributed by atoms with van der Waals surface area (Å²) < 4.78 is 1.67. The van der Waals surface area contributed by atoms with E-state index in [1.54, 1.807) is 28.4 Å². The number of hydrogen-bond acceptors (Lipinski definition) is 5. The second-order valence-corrected chi connectivity index (χ2v) is 9.15. The third-order valence-corrected chi connectivity index (χ3v) is 6.98. The smallest absolute Gasteiger partial charge is 0.262 e. The summed E-state index contributed by atoms with van der Waals surface area (Å²) in [4.78, 5) is 24.2. The molecule has 152 valence electrons. The molecule has 0 amide bonds. The Bertz CT molecular complexity index is 1250. The van der Waals surface area contributed by atoms with Gasteiger partial charge in [-0.1, -0.05) is 29.8 Å². The highest BCUT2D eigenvalue weighted by atomic mass is 35.5. The summed E-state index contributed by atoms with van der Waals surface area (Å²) in [6.45, 7) is 1.23. The average molecular weight is 437 g/mol. The average Bonchev–Trinajstić information content (AvgIpc) is 3.13. The molecule has 1 aliphatic rings. The van der Waals surface area contributed by atoms with Crippen molar-refractivity contribution in [1.82, 2.24) is 19.9 Å². The molecule has 1 aromatic carbocycles. The van der Waals surface area contributed by atoms with Gasteiger partial charge < -0.3 is 5.32 Å². The van der Waals surface area contributed by atoms with Crippen LogP contribution in [0, 0.1) is 0 Å². The lowest BCUT2D eigenvalue weighted by Crippen LogP contribution is -2.33. The molecular weight excluding hydrogens is 416 g/mol. The number of benzene rings is 1. The minimum absolute atomic E-state index is 0.0356. The predicted octanol–water partition coefficient (Wildman–Crippen LogP) is 4.20. The molecule has 5 nitrogen and oxygen atoms in total. The van der Waals surface area contributed by atoms with Crippen LogP contribution in [0.1, 0.15) is 28.1 Å². The van der Waals surface area contributed by atoms with Gasteiger partial charge in [0.25, 0.3) is 5.56 Å². The van der Waals surface area contributed by atoms with Gasteiger partial charge in [0.05, 0.1) is 24.0 Å². The first-order valence-electron chi connectivity index (χ1n) is 10.0. The summed E-state index contributed by atoms with van der Waals surface area (Å²) in [6, 6.07) is 14.1. The Morgan fingerprint density at radius 1 is 1.20 bits per heavy atom. The molecule has 1 aliphatic carbocycles. The first-order valence-corrected chi connectivity index (χ1v) is 11.2. The van der Waals surface area contributed by atoms with Crippen molar-refractivity contribution in [2.75, 3.05) is 0 Å². The van der Waals surface area contributed by atoms with Crippen molar-refractivity contribution in [2.45, 2.75) is 38.4 Å². The van der Waals surface area contributed by atoms with E-state index >= 15 is 0 Å². The zero-order valence-electron chi connectivity index (χ0n) is 16.3. The molecule has 0 radical (unpaired) electrons. The molecule has 0 bridgehead atoms. The SMILES string of the molecule is O=c1c2c3c(sc2ncn1Cc1ccccn1)CC(NCc1cccc(Cl)c1)CC3. The maximum atomic E-state index is 13.2. The Morgan fingerprint density at radius 3 is 2.97 bits per heavy atom. The molecule has 0 saturated heterocycles. The Morgan fingerprint density at radius 2 is 2.13 bits per heavy atom. The summed E-state index contributed by atoms with van der Waals surface area (Å²) in [5, 5.41) is 5.20. The number of rotatable bonds is 5. The minimum atomic E-state index is 0.0356. The number of nitrogens with one attached hydrogen (secondary N) is 1. The van der Waals surface area contributed by atoms with E-state index in [0.717, 1.165) is 46.7 Å². The fourth-order valence-electron chi connectivity index (χ4n) is 4.06. The molecule has 4 aromatic rings. The molecule has 30 heavy (non-hydrogen) atoms. The molecule has 5 rings (SSSR count). The number of pyridine rings is 1. The van der Waals surface area contributed by atoms with Crippen LogP contribution < -0.4 is 10.9 Å². The molecule has 0 spiro atoms. The zero-order valence-corrected chi connectivity index (χ0v) is 17.9. The fraction of sp³-hybridized carbons (Fsp3) is 0.261. The van der Waals surface area contributed by atoms with Crippen LogP contribution in [0.4, 0.5) is 0 Å². The van der Waals surface area contributed by atoms with E-state index in [1.807, 2.05) is 36.4 Å². The maximum absolute atomic E-state index is 13.2. The lowest BCUT2D eigenvalue weighted by Gasteiger charge is -2.23. The van der Waals surface area contributed by atoms with Crippen molar-refractivity contribution >= 4 is 33.2 Å². The van der Waals surface area contributed by atoms with Gasteiger partial charge in [-0.25, -0.2) is 4.98 Å². The lowest BCUT2D eigenvalue weighted by molar-refractivity contribution is 0.462. The number of nitrogens with zero attached hydrogens (tertiary/aromatic N) is 3. The molecule has 7 heteroatoms. The third-order valence-electron chi connectivity index (χ3n) is 5.58. The fourth-order valence-corrected chi connectivity index (χ4v) is 5.53. The Kier molecular flexibility index (Phi) is 5.37. The van der Waals surface area contributed by atoms with Crippen LogP contribution >= 0.6 is 22.9 Å². The third kappa shape index (κ3) is 3.90. The number of thiophene rings is 1. The summed E-state index contributed by atoms with van der Waals surface area (Å²) in [7, 11) is 0. The van der Waals surface area contributed by atoms with Crippen molar-refractivity contribution in [3.63, 3.8) is 0 Å². The van der Waals surface area contributed by atoms with Gasteiger partial charge in [0.15, 0.2) is 0 Å². The van der Waals surface area contributed by atoms with Crippen LogP contribution in [0.15, 0.2) is 59.8 Å². The normalized spacial score (nSPS) is 16.0. The monoisotopic (exact) mass is 436 g/mol. The number of aryl methyl sites for hydroxylation is 1. The van der Waals surface area contributed by atoms with E-state index in [1.165, 1.54) is 16.0 Å². The van der Waals surface area contributed by atoms with Crippen molar-refractivity contribution in [2.24, 2.45) is 0 Å². The number of fused-ring (bicyclic) bond motifs is 3. The van der Waals surface area contributed by atoms with Crippen LogP contribution in [0.25, 0.3) is 10.2 Å². The van der Waals surface area contributed by atoms with Crippen LogP contribution in [-0.4, -0.2) is 20.6 Å². The van der Waals surface area contributed by atoms with Crippen molar-refractivity contribution in [3.05, 3.63) is 92.1 Å². The topological polar surface area (TPSA) is 59.8 Å².